The Kier molecular flexibility index (Phi) is 4.78. The Morgan fingerprint density at radius 2 is 2.17 bits per heavy atom. The van der Waals surface area contributed by atoms with Gasteiger partial charge >= 0.3 is 0 Å². The highest BCUT2D eigenvalue weighted by molar-refractivity contribution is 7.18. The lowest BCUT2D eigenvalue weighted by Gasteiger charge is -2.30. The summed E-state index contributed by atoms with van der Waals surface area (Å²) in [7, 11) is 2.06. The Labute approximate surface area is 138 Å². The Hall–Kier alpha value is -2.12. The van der Waals surface area contributed by atoms with Gasteiger partial charge in [-0.15, -0.1) is 11.3 Å². The monoisotopic (exact) mass is 333 g/mol. The molecule has 1 fully saturated rings. The molecule has 0 aromatic carbocycles. The highest BCUT2D eigenvalue weighted by atomic mass is 32.1. The molecule has 6 nitrogen and oxygen atoms in total. The van der Waals surface area contributed by atoms with E-state index in [2.05, 4.69) is 22.6 Å². The summed E-state index contributed by atoms with van der Waals surface area (Å²) in [6, 6.07) is 6.89. The summed E-state index contributed by atoms with van der Waals surface area (Å²) in [5.41, 5.74) is 0. The SMILES string of the molecule is CN1CCCC(NC(=O)c2ccc(NC(=O)c3ccco3)s2)C1. The van der Waals surface area contributed by atoms with Gasteiger partial charge in [0.25, 0.3) is 11.8 Å². The zero-order valence-corrected chi connectivity index (χ0v) is 13.7. The van der Waals surface area contributed by atoms with Gasteiger partial charge in [-0.2, -0.15) is 0 Å². The van der Waals surface area contributed by atoms with E-state index in [9.17, 15) is 9.59 Å². The highest BCUT2D eigenvalue weighted by Crippen LogP contribution is 2.23. The van der Waals surface area contributed by atoms with Crippen molar-refractivity contribution in [1.29, 1.82) is 0 Å². The highest BCUT2D eigenvalue weighted by Gasteiger charge is 2.20. The van der Waals surface area contributed by atoms with Gasteiger partial charge in [-0.05, 0) is 50.7 Å². The molecule has 0 aliphatic carbocycles. The summed E-state index contributed by atoms with van der Waals surface area (Å²) >= 11 is 1.26. The van der Waals surface area contributed by atoms with E-state index in [4.69, 9.17) is 4.42 Å². The van der Waals surface area contributed by atoms with Gasteiger partial charge in [-0.3, -0.25) is 9.59 Å². The number of nitrogens with zero attached hydrogens (tertiary/aromatic N) is 1. The van der Waals surface area contributed by atoms with Crippen molar-refractivity contribution < 1.29 is 14.0 Å². The number of rotatable bonds is 4. The number of carbonyl (C=O) groups excluding carboxylic acids is 2. The molecule has 1 unspecified atom stereocenters. The number of hydrogen-bond donors (Lipinski definition) is 2. The van der Waals surface area contributed by atoms with Gasteiger partial charge in [0, 0.05) is 12.6 Å². The van der Waals surface area contributed by atoms with E-state index in [0.717, 1.165) is 25.9 Å². The maximum atomic E-state index is 12.3. The Balaban J connectivity index is 1.58. The van der Waals surface area contributed by atoms with Crippen molar-refractivity contribution in [3.63, 3.8) is 0 Å². The van der Waals surface area contributed by atoms with Crippen LogP contribution in [0.3, 0.4) is 0 Å². The second kappa shape index (κ2) is 6.97. The molecular weight excluding hydrogens is 314 g/mol. The van der Waals surface area contributed by atoms with Crippen LogP contribution >= 0.6 is 11.3 Å². The van der Waals surface area contributed by atoms with Crippen LogP contribution in [0.5, 0.6) is 0 Å². The van der Waals surface area contributed by atoms with Crippen LogP contribution in [0.4, 0.5) is 5.00 Å². The average Bonchev–Trinajstić information content (AvgIpc) is 3.18. The fraction of sp³-hybridized carbons (Fsp3) is 0.375. The molecule has 1 saturated heterocycles. The van der Waals surface area contributed by atoms with Gasteiger partial charge in [0.15, 0.2) is 5.76 Å². The molecule has 122 valence electrons. The van der Waals surface area contributed by atoms with E-state index in [-0.39, 0.29) is 23.6 Å². The van der Waals surface area contributed by atoms with Crippen LogP contribution in [0, 0.1) is 0 Å². The molecule has 3 rings (SSSR count). The first-order valence-corrected chi connectivity index (χ1v) is 8.37. The Morgan fingerprint density at radius 1 is 1.30 bits per heavy atom. The first kappa shape index (κ1) is 15.8. The van der Waals surface area contributed by atoms with Gasteiger partial charge < -0.3 is 20.0 Å². The minimum absolute atomic E-state index is 0.0891. The molecule has 1 atom stereocenters. The van der Waals surface area contributed by atoms with Crippen LogP contribution < -0.4 is 10.6 Å². The number of carbonyl (C=O) groups is 2. The van der Waals surface area contributed by atoms with Crippen LogP contribution in [-0.4, -0.2) is 42.9 Å². The number of likely N-dealkylation sites (tertiary alicyclic amines) is 1. The lowest BCUT2D eigenvalue weighted by Crippen LogP contribution is -2.46. The zero-order chi connectivity index (χ0) is 16.2. The number of anilines is 1. The van der Waals surface area contributed by atoms with Gasteiger partial charge in [0.2, 0.25) is 0 Å². The van der Waals surface area contributed by atoms with E-state index in [0.29, 0.717) is 9.88 Å². The minimum atomic E-state index is -0.322. The standard InChI is InChI=1S/C16H19N3O3S/c1-19-8-2-4-11(10-19)17-16(21)13-6-7-14(23-13)18-15(20)12-5-3-9-22-12/h3,5-7,9,11H,2,4,8,10H2,1H3,(H,17,21)(H,18,20). The van der Waals surface area contributed by atoms with E-state index in [1.807, 2.05) is 0 Å². The number of furan rings is 1. The van der Waals surface area contributed by atoms with E-state index in [1.54, 1.807) is 24.3 Å². The first-order chi connectivity index (χ1) is 11.1. The third-order valence-electron chi connectivity index (χ3n) is 3.77. The van der Waals surface area contributed by atoms with Crippen molar-refractivity contribution in [1.82, 2.24) is 10.2 Å². The zero-order valence-electron chi connectivity index (χ0n) is 12.9. The number of thiophene rings is 1. The van der Waals surface area contributed by atoms with Crippen molar-refractivity contribution in [2.45, 2.75) is 18.9 Å². The van der Waals surface area contributed by atoms with Gasteiger partial charge in [-0.1, -0.05) is 0 Å². The molecule has 0 spiro atoms. The van der Waals surface area contributed by atoms with Gasteiger partial charge in [-0.25, -0.2) is 0 Å². The largest absolute Gasteiger partial charge is 0.459 e. The quantitative estimate of drug-likeness (QED) is 0.901. The summed E-state index contributed by atoms with van der Waals surface area (Å²) in [4.78, 5) is 27.0. The maximum absolute atomic E-state index is 12.3. The Bertz CT molecular complexity index is 681. The molecule has 3 heterocycles. The maximum Gasteiger partial charge on any atom is 0.291 e. The number of likely N-dealkylation sites (N-methyl/N-ethyl adjacent to an activating group) is 1. The molecule has 2 aromatic rings. The second-order valence-electron chi connectivity index (χ2n) is 5.67. The van der Waals surface area contributed by atoms with Crippen molar-refractivity contribution in [2.75, 3.05) is 25.5 Å². The fourth-order valence-electron chi connectivity index (χ4n) is 2.65. The van der Waals surface area contributed by atoms with E-state index < -0.39 is 0 Å². The van der Waals surface area contributed by atoms with Crippen LogP contribution in [-0.2, 0) is 0 Å². The molecule has 2 N–H and O–H groups in total. The smallest absolute Gasteiger partial charge is 0.291 e. The van der Waals surface area contributed by atoms with Crippen molar-refractivity contribution in [2.24, 2.45) is 0 Å². The summed E-state index contributed by atoms with van der Waals surface area (Å²) < 4.78 is 5.04. The lowest BCUT2D eigenvalue weighted by molar-refractivity contribution is 0.0916. The minimum Gasteiger partial charge on any atom is -0.459 e. The molecular formula is C16H19N3O3S. The molecule has 2 aromatic heterocycles. The molecule has 1 aliphatic heterocycles. The van der Waals surface area contributed by atoms with E-state index in [1.165, 1.54) is 17.6 Å². The molecule has 7 heteroatoms. The second-order valence-corrected chi connectivity index (χ2v) is 6.75. The van der Waals surface area contributed by atoms with Crippen molar-refractivity contribution in [3.8, 4) is 0 Å². The van der Waals surface area contributed by atoms with Crippen LogP contribution in [0.1, 0.15) is 33.1 Å². The summed E-state index contributed by atoms with van der Waals surface area (Å²) in [6.45, 7) is 1.95. The molecule has 23 heavy (non-hydrogen) atoms. The number of hydrogen-bond acceptors (Lipinski definition) is 5. The predicted molar refractivity (Wildman–Crippen MR) is 89.0 cm³/mol. The molecule has 0 radical (unpaired) electrons. The predicted octanol–water partition coefficient (Wildman–Crippen LogP) is 2.42. The summed E-state index contributed by atoms with van der Waals surface area (Å²) in [5.74, 6) is -0.166. The average molecular weight is 333 g/mol. The van der Waals surface area contributed by atoms with E-state index >= 15 is 0 Å². The fourth-order valence-corrected chi connectivity index (χ4v) is 3.45. The number of amides is 2. The Morgan fingerprint density at radius 3 is 2.91 bits per heavy atom. The topological polar surface area (TPSA) is 74.6 Å². The molecule has 0 bridgehead atoms. The normalized spacial score (nSPS) is 18.6. The van der Waals surface area contributed by atoms with Gasteiger partial charge in [0.1, 0.15) is 0 Å². The van der Waals surface area contributed by atoms with Crippen molar-refractivity contribution >= 4 is 28.2 Å². The lowest BCUT2D eigenvalue weighted by atomic mass is 10.1. The molecule has 1 aliphatic rings. The van der Waals surface area contributed by atoms with Crippen LogP contribution in [0.15, 0.2) is 34.9 Å². The molecule has 2 amide bonds. The third kappa shape index (κ3) is 4.00. The van der Waals surface area contributed by atoms with Gasteiger partial charge in [0.05, 0.1) is 16.1 Å². The first-order valence-electron chi connectivity index (χ1n) is 7.56. The summed E-state index contributed by atoms with van der Waals surface area (Å²) in [6.07, 6.45) is 3.54. The summed E-state index contributed by atoms with van der Waals surface area (Å²) in [5, 5.41) is 6.41. The van der Waals surface area contributed by atoms with Crippen LogP contribution in [0.2, 0.25) is 0 Å². The number of nitrogens with one attached hydrogen (secondary N) is 2. The molecule has 0 saturated carbocycles. The van der Waals surface area contributed by atoms with Crippen LogP contribution in [0.25, 0.3) is 0 Å². The third-order valence-corrected chi connectivity index (χ3v) is 4.77. The van der Waals surface area contributed by atoms with Crippen molar-refractivity contribution in [3.05, 3.63) is 41.2 Å². The number of piperidine rings is 1.